The SMILES string of the molecule is C=C1/C=C(\CC)CCC(CC)([N+](=C)/C=N\C)C(O)(OC)C1=C. The van der Waals surface area contributed by atoms with E-state index in [1.807, 2.05) is 13.0 Å². The lowest BCUT2D eigenvalue weighted by molar-refractivity contribution is -0.546. The lowest BCUT2D eigenvalue weighted by Gasteiger charge is -2.46. The molecule has 0 aromatic heterocycles. The molecule has 2 atom stereocenters. The third-order valence-electron chi connectivity index (χ3n) is 4.80. The number of aliphatic imine (C=N–C) groups is 1. The molecule has 0 bridgehead atoms. The minimum Gasteiger partial charge on any atom is -0.358 e. The zero-order valence-corrected chi connectivity index (χ0v) is 14.4. The van der Waals surface area contributed by atoms with Crippen molar-refractivity contribution in [2.75, 3.05) is 14.2 Å². The fourth-order valence-electron chi connectivity index (χ4n) is 3.24. The Hall–Kier alpha value is -1.52. The average Bonchev–Trinajstić information content (AvgIpc) is 2.52. The van der Waals surface area contributed by atoms with E-state index in [-0.39, 0.29) is 0 Å². The number of hydrogen-bond acceptors (Lipinski definition) is 3. The van der Waals surface area contributed by atoms with Crippen LogP contribution < -0.4 is 0 Å². The molecule has 0 heterocycles. The highest BCUT2D eigenvalue weighted by Gasteiger charge is 2.57. The van der Waals surface area contributed by atoms with Crippen LogP contribution in [0.4, 0.5) is 0 Å². The summed E-state index contributed by atoms with van der Waals surface area (Å²) in [6.45, 7) is 16.3. The Morgan fingerprint density at radius 2 is 2.09 bits per heavy atom. The van der Waals surface area contributed by atoms with Gasteiger partial charge in [0.2, 0.25) is 5.79 Å². The summed E-state index contributed by atoms with van der Waals surface area (Å²) in [4.78, 5) is 4.05. The van der Waals surface area contributed by atoms with E-state index in [1.54, 1.807) is 18.0 Å². The number of allylic oxidation sites excluding steroid dienone is 2. The standard InChI is InChI=1S/C18H29N2O2/c1-8-16-10-11-17(9-2,20(6)13-19-5)18(21,22-7)15(4)14(3)12-16/h12-13,21H,3-4,6,8-11H2,1-2,5,7H3/q+1/b16-12+,19-13-. The summed E-state index contributed by atoms with van der Waals surface area (Å²) in [6.07, 6.45) is 6.74. The maximum atomic E-state index is 11.3. The summed E-state index contributed by atoms with van der Waals surface area (Å²) < 4.78 is 7.26. The summed E-state index contributed by atoms with van der Waals surface area (Å²) in [5.41, 5.74) is 1.70. The molecule has 1 aliphatic carbocycles. The van der Waals surface area contributed by atoms with Crippen LogP contribution in [0.3, 0.4) is 0 Å². The fraction of sp³-hybridized carbons (Fsp3) is 0.556. The van der Waals surface area contributed by atoms with Gasteiger partial charge in [0, 0.05) is 19.1 Å². The highest BCUT2D eigenvalue weighted by molar-refractivity contribution is 5.51. The number of nitrogens with zero attached hydrogens (tertiary/aromatic N) is 2. The van der Waals surface area contributed by atoms with E-state index in [4.69, 9.17) is 4.74 Å². The molecule has 4 heteroatoms. The maximum Gasteiger partial charge on any atom is 0.279 e. The van der Waals surface area contributed by atoms with Gasteiger partial charge in [-0.15, -0.1) is 0 Å². The first-order valence-corrected chi connectivity index (χ1v) is 7.70. The maximum absolute atomic E-state index is 11.3. The average molecular weight is 305 g/mol. The van der Waals surface area contributed by atoms with E-state index in [1.165, 1.54) is 12.7 Å². The largest absolute Gasteiger partial charge is 0.358 e. The minimum absolute atomic E-state index is 0.473. The van der Waals surface area contributed by atoms with Gasteiger partial charge in [0.25, 0.3) is 6.34 Å². The van der Waals surface area contributed by atoms with E-state index in [2.05, 4.69) is 31.8 Å². The van der Waals surface area contributed by atoms with Crippen molar-refractivity contribution in [3.8, 4) is 0 Å². The van der Waals surface area contributed by atoms with Crippen LogP contribution in [-0.4, -0.2) is 48.2 Å². The lowest BCUT2D eigenvalue weighted by Crippen LogP contribution is -2.62. The van der Waals surface area contributed by atoms with Gasteiger partial charge >= 0.3 is 0 Å². The molecule has 2 unspecified atom stereocenters. The Morgan fingerprint density at radius 1 is 1.45 bits per heavy atom. The quantitative estimate of drug-likeness (QED) is 0.367. The summed E-state index contributed by atoms with van der Waals surface area (Å²) in [5.74, 6) is -1.57. The van der Waals surface area contributed by atoms with E-state index in [0.717, 1.165) is 12.8 Å². The van der Waals surface area contributed by atoms with Crippen LogP contribution in [0.5, 0.6) is 0 Å². The van der Waals surface area contributed by atoms with Gasteiger partial charge in [-0.1, -0.05) is 43.6 Å². The number of hydrogen-bond donors (Lipinski definition) is 1. The Kier molecular flexibility index (Phi) is 6.03. The first-order chi connectivity index (χ1) is 10.3. The van der Waals surface area contributed by atoms with Crippen LogP contribution in [-0.2, 0) is 4.74 Å². The second-order valence-corrected chi connectivity index (χ2v) is 5.74. The third-order valence-corrected chi connectivity index (χ3v) is 4.80. The summed E-state index contributed by atoms with van der Waals surface area (Å²) in [6, 6.07) is 0. The van der Waals surface area contributed by atoms with Crippen molar-refractivity contribution in [3.05, 3.63) is 36.0 Å². The van der Waals surface area contributed by atoms with Gasteiger partial charge in [-0.3, -0.25) is 0 Å². The molecule has 0 amide bonds. The van der Waals surface area contributed by atoms with Gasteiger partial charge < -0.3 is 9.84 Å². The van der Waals surface area contributed by atoms with E-state index in [9.17, 15) is 5.11 Å². The first-order valence-electron chi connectivity index (χ1n) is 7.70. The molecule has 1 rings (SSSR count). The second-order valence-electron chi connectivity index (χ2n) is 5.74. The Balaban J connectivity index is 3.56. The van der Waals surface area contributed by atoms with Gasteiger partial charge in [-0.2, -0.15) is 0 Å². The van der Waals surface area contributed by atoms with Crippen LogP contribution in [0.1, 0.15) is 39.5 Å². The smallest absolute Gasteiger partial charge is 0.279 e. The summed E-state index contributed by atoms with van der Waals surface area (Å²) in [5, 5.41) is 11.3. The normalized spacial score (nSPS) is 32.5. The molecule has 0 spiro atoms. The third kappa shape index (κ3) is 2.85. The van der Waals surface area contributed by atoms with Crippen LogP contribution >= 0.6 is 0 Å². The highest BCUT2D eigenvalue weighted by atomic mass is 16.6. The minimum atomic E-state index is -1.57. The molecule has 0 saturated heterocycles. The molecule has 0 aromatic rings. The molecule has 1 N–H and O–H groups in total. The molecule has 0 aliphatic heterocycles. The molecule has 1 aliphatic rings. The predicted molar refractivity (Wildman–Crippen MR) is 92.7 cm³/mol. The fourth-order valence-corrected chi connectivity index (χ4v) is 3.24. The number of methoxy groups -OCH3 is 1. The lowest BCUT2D eigenvalue weighted by atomic mass is 9.73. The zero-order valence-electron chi connectivity index (χ0n) is 14.4. The van der Waals surface area contributed by atoms with E-state index >= 15 is 0 Å². The van der Waals surface area contributed by atoms with Crippen molar-refractivity contribution in [2.24, 2.45) is 4.99 Å². The van der Waals surface area contributed by atoms with Crippen molar-refractivity contribution in [3.63, 3.8) is 0 Å². The molecule has 0 aromatic carbocycles. The van der Waals surface area contributed by atoms with Crippen LogP contribution in [0.15, 0.2) is 40.9 Å². The van der Waals surface area contributed by atoms with E-state index < -0.39 is 11.3 Å². The Bertz CT molecular complexity index is 533. The van der Waals surface area contributed by atoms with Crippen LogP contribution in [0, 0.1) is 0 Å². The predicted octanol–water partition coefficient (Wildman–Crippen LogP) is 3.08. The van der Waals surface area contributed by atoms with Crippen molar-refractivity contribution >= 4 is 13.1 Å². The molecule has 0 fully saturated rings. The topological polar surface area (TPSA) is 44.8 Å². The van der Waals surface area contributed by atoms with Crippen molar-refractivity contribution in [1.29, 1.82) is 0 Å². The van der Waals surface area contributed by atoms with Gasteiger partial charge in [0.1, 0.15) is 7.05 Å². The Morgan fingerprint density at radius 3 is 2.55 bits per heavy atom. The van der Waals surface area contributed by atoms with Crippen molar-refractivity contribution in [1.82, 2.24) is 0 Å². The van der Waals surface area contributed by atoms with Gasteiger partial charge in [-0.05, 0) is 24.8 Å². The molecule has 122 valence electrons. The molecule has 0 radical (unpaired) electrons. The molecular weight excluding hydrogens is 276 g/mol. The highest BCUT2D eigenvalue weighted by Crippen LogP contribution is 2.43. The zero-order chi connectivity index (χ0) is 17.0. The van der Waals surface area contributed by atoms with Crippen LogP contribution in [0.25, 0.3) is 0 Å². The monoisotopic (exact) mass is 305 g/mol. The number of ether oxygens (including phenoxy) is 1. The van der Waals surface area contributed by atoms with Crippen molar-refractivity contribution in [2.45, 2.75) is 50.9 Å². The van der Waals surface area contributed by atoms with Gasteiger partial charge in [-0.25, -0.2) is 4.58 Å². The molecule has 4 nitrogen and oxygen atoms in total. The number of rotatable bonds is 5. The van der Waals surface area contributed by atoms with Crippen molar-refractivity contribution < 1.29 is 14.4 Å². The summed E-state index contributed by atoms with van der Waals surface area (Å²) >= 11 is 0. The molecule has 22 heavy (non-hydrogen) atoms. The summed E-state index contributed by atoms with van der Waals surface area (Å²) in [7, 11) is 3.17. The number of aliphatic hydroxyl groups is 1. The van der Waals surface area contributed by atoms with Crippen LogP contribution in [0.2, 0.25) is 0 Å². The van der Waals surface area contributed by atoms with Gasteiger partial charge in [0.15, 0.2) is 5.54 Å². The first kappa shape index (κ1) is 18.5. The Labute approximate surface area is 134 Å². The van der Waals surface area contributed by atoms with Gasteiger partial charge in [0.05, 0.1) is 6.72 Å². The van der Waals surface area contributed by atoms with E-state index in [0.29, 0.717) is 24.0 Å². The molecule has 0 saturated carbocycles. The second kappa shape index (κ2) is 7.16. The molecular formula is C18H29N2O2+.